The van der Waals surface area contributed by atoms with Crippen LogP contribution in [0.15, 0.2) is 36.5 Å². The van der Waals surface area contributed by atoms with Crippen LogP contribution in [0.25, 0.3) is 11.4 Å². The first-order valence-electron chi connectivity index (χ1n) is 12.9. The molecule has 0 spiro atoms. The van der Waals surface area contributed by atoms with Gasteiger partial charge < -0.3 is 20.3 Å². The number of amides is 2. The molecule has 194 valence electrons. The van der Waals surface area contributed by atoms with Crippen molar-refractivity contribution in [3.8, 4) is 11.4 Å². The lowest BCUT2D eigenvalue weighted by Crippen LogP contribution is -2.45. The molecular weight excluding hydrogens is 468 g/mol. The second-order valence-electron chi connectivity index (χ2n) is 9.53. The lowest BCUT2D eigenvalue weighted by molar-refractivity contribution is 0.0983. The average molecular weight is 503 g/mol. The summed E-state index contributed by atoms with van der Waals surface area (Å²) in [5.41, 5.74) is 4.93. The molecule has 0 radical (unpaired) electrons. The van der Waals surface area contributed by atoms with Crippen LogP contribution in [0.3, 0.4) is 0 Å². The fraction of sp³-hybridized carbons (Fsp3) is 0.444. The zero-order chi connectivity index (χ0) is 25.8. The number of rotatable bonds is 6. The summed E-state index contributed by atoms with van der Waals surface area (Å²) in [6.07, 6.45) is 2.70. The molecule has 2 amide bonds. The number of aromatic nitrogens is 4. The Kier molecular flexibility index (Phi) is 7.57. The van der Waals surface area contributed by atoms with Crippen molar-refractivity contribution in [2.24, 2.45) is 0 Å². The van der Waals surface area contributed by atoms with Gasteiger partial charge in [-0.2, -0.15) is 0 Å². The molecule has 1 atom stereocenters. The first-order valence-corrected chi connectivity index (χ1v) is 12.9. The van der Waals surface area contributed by atoms with E-state index in [2.05, 4.69) is 37.3 Å². The Morgan fingerprint density at radius 1 is 1.14 bits per heavy atom. The van der Waals surface area contributed by atoms with E-state index >= 15 is 0 Å². The highest BCUT2D eigenvalue weighted by atomic mass is 16.5. The number of anilines is 2. The van der Waals surface area contributed by atoms with E-state index in [0.717, 1.165) is 66.9 Å². The summed E-state index contributed by atoms with van der Waals surface area (Å²) in [7, 11) is 0. The lowest BCUT2D eigenvalue weighted by Gasteiger charge is -2.37. The molecule has 10 heteroatoms. The topological polar surface area (TPSA) is 108 Å². The number of morpholine rings is 1. The van der Waals surface area contributed by atoms with Crippen molar-refractivity contribution in [1.82, 2.24) is 30.2 Å². The molecule has 0 saturated carbocycles. The molecule has 3 aromatic rings. The fourth-order valence-corrected chi connectivity index (χ4v) is 4.87. The van der Waals surface area contributed by atoms with E-state index in [9.17, 15) is 4.79 Å². The van der Waals surface area contributed by atoms with Gasteiger partial charge in [0.25, 0.3) is 0 Å². The van der Waals surface area contributed by atoms with Gasteiger partial charge in [-0.1, -0.05) is 0 Å². The molecule has 1 fully saturated rings. The number of fused-ring (bicyclic) bond motifs is 1. The van der Waals surface area contributed by atoms with Crippen molar-refractivity contribution < 1.29 is 9.53 Å². The quantitative estimate of drug-likeness (QED) is 0.529. The average Bonchev–Trinajstić information content (AvgIpc) is 2.89. The third-order valence-electron chi connectivity index (χ3n) is 6.72. The summed E-state index contributed by atoms with van der Waals surface area (Å²) in [6, 6.07) is 9.68. The maximum atomic E-state index is 11.9. The number of ether oxygens (including phenoxy) is 1. The van der Waals surface area contributed by atoms with Gasteiger partial charge in [0.15, 0.2) is 5.82 Å². The van der Waals surface area contributed by atoms with Crippen LogP contribution in [0.4, 0.5) is 16.3 Å². The van der Waals surface area contributed by atoms with Crippen LogP contribution in [0.2, 0.25) is 0 Å². The Labute approximate surface area is 217 Å². The third-order valence-corrected chi connectivity index (χ3v) is 6.72. The van der Waals surface area contributed by atoms with Gasteiger partial charge in [0.05, 0.1) is 30.6 Å². The number of hydrogen-bond donors (Lipinski definition) is 2. The summed E-state index contributed by atoms with van der Waals surface area (Å²) in [5, 5.41) is 5.59. The predicted molar refractivity (Wildman–Crippen MR) is 142 cm³/mol. The Hall–Kier alpha value is -3.63. The Morgan fingerprint density at radius 2 is 1.97 bits per heavy atom. The molecule has 2 N–H and O–H groups in total. The van der Waals surface area contributed by atoms with Crippen molar-refractivity contribution >= 4 is 17.5 Å². The van der Waals surface area contributed by atoms with Gasteiger partial charge in [-0.15, -0.1) is 0 Å². The SMILES string of the molecule is CCNC(=O)Nc1ccc(-c2nc3c(c(N4CCOCC4C)n2)CCN(Cc2ccnc(C)n2)C3)cc1. The van der Waals surface area contributed by atoms with Crippen molar-refractivity contribution in [3.05, 3.63) is 59.3 Å². The van der Waals surface area contributed by atoms with E-state index in [-0.39, 0.29) is 12.1 Å². The molecule has 2 aliphatic rings. The van der Waals surface area contributed by atoms with E-state index < -0.39 is 0 Å². The number of carbonyl (C=O) groups excluding carboxylic acids is 1. The second-order valence-corrected chi connectivity index (χ2v) is 9.53. The number of carbonyl (C=O) groups is 1. The van der Waals surface area contributed by atoms with E-state index in [0.29, 0.717) is 25.6 Å². The summed E-state index contributed by atoms with van der Waals surface area (Å²) >= 11 is 0. The first kappa shape index (κ1) is 25.0. The molecule has 1 unspecified atom stereocenters. The minimum absolute atomic E-state index is 0.220. The van der Waals surface area contributed by atoms with Crippen molar-refractivity contribution in [2.45, 2.75) is 46.3 Å². The zero-order valence-corrected chi connectivity index (χ0v) is 21.7. The Morgan fingerprint density at radius 3 is 2.73 bits per heavy atom. The van der Waals surface area contributed by atoms with Crippen LogP contribution < -0.4 is 15.5 Å². The molecule has 5 rings (SSSR count). The van der Waals surface area contributed by atoms with Gasteiger partial charge in [0.2, 0.25) is 0 Å². The van der Waals surface area contributed by atoms with E-state index in [1.165, 1.54) is 5.56 Å². The van der Waals surface area contributed by atoms with Gasteiger partial charge in [0.1, 0.15) is 11.6 Å². The third kappa shape index (κ3) is 5.86. The summed E-state index contributed by atoms with van der Waals surface area (Å²) in [5.74, 6) is 2.49. The normalized spacial score (nSPS) is 17.8. The van der Waals surface area contributed by atoms with Crippen LogP contribution in [0, 0.1) is 6.92 Å². The molecule has 2 aromatic heterocycles. The van der Waals surface area contributed by atoms with Crippen LogP contribution in [-0.2, 0) is 24.2 Å². The second kappa shape index (κ2) is 11.2. The van der Waals surface area contributed by atoms with Gasteiger partial charge in [-0.25, -0.2) is 24.7 Å². The highest BCUT2D eigenvalue weighted by Crippen LogP contribution is 2.32. The fourth-order valence-electron chi connectivity index (χ4n) is 4.87. The molecule has 0 aliphatic carbocycles. The first-order chi connectivity index (χ1) is 18.0. The summed E-state index contributed by atoms with van der Waals surface area (Å²) in [6.45, 7) is 11.2. The maximum Gasteiger partial charge on any atom is 0.319 e. The van der Waals surface area contributed by atoms with Crippen molar-refractivity contribution in [3.63, 3.8) is 0 Å². The Bertz CT molecular complexity index is 1250. The molecule has 10 nitrogen and oxygen atoms in total. The molecular formula is C27H34N8O2. The predicted octanol–water partition coefficient (Wildman–Crippen LogP) is 3.17. The van der Waals surface area contributed by atoms with Crippen LogP contribution in [0.5, 0.6) is 0 Å². The van der Waals surface area contributed by atoms with Gasteiger partial charge in [0, 0.05) is 55.7 Å². The van der Waals surface area contributed by atoms with Crippen LogP contribution in [-0.4, -0.2) is 69.8 Å². The minimum atomic E-state index is -0.220. The monoisotopic (exact) mass is 502 g/mol. The van der Waals surface area contributed by atoms with E-state index in [1.807, 2.05) is 50.4 Å². The molecule has 2 aliphatic heterocycles. The van der Waals surface area contributed by atoms with Crippen LogP contribution >= 0.6 is 0 Å². The number of aryl methyl sites for hydroxylation is 1. The standard InChI is InChI=1S/C27H34N8O2/c1-4-28-27(36)31-21-7-5-20(6-8-21)25-32-24-16-34(15-22-9-11-29-19(3)30-22)12-10-23(24)26(33-25)35-13-14-37-17-18(35)2/h5-9,11,18H,4,10,12-17H2,1-3H3,(H2,28,31,36). The molecule has 37 heavy (non-hydrogen) atoms. The largest absolute Gasteiger partial charge is 0.377 e. The molecule has 1 aromatic carbocycles. The van der Waals surface area contributed by atoms with Crippen LogP contribution in [0.1, 0.15) is 36.6 Å². The number of urea groups is 1. The van der Waals surface area contributed by atoms with Crippen molar-refractivity contribution in [2.75, 3.05) is 43.1 Å². The van der Waals surface area contributed by atoms with Gasteiger partial charge in [-0.05, 0) is 57.5 Å². The molecule has 4 heterocycles. The Balaban J connectivity index is 1.45. The summed E-state index contributed by atoms with van der Waals surface area (Å²) < 4.78 is 5.70. The van der Waals surface area contributed by atoms with Gasteiger partial charge in [-0.3, -0.25) is 4.90 Å². The smallest absolute Gasteiger partial charge is 0.319 e. The highest BCUT2D eigenvalue weighted by molar-refractivity contribution is 5.89. The minimum Gasteiger partial charge on any atom is -0.377 e. The zero-order valence-electron chi connectivity index (χ0n) is 21.7. The lowest BCUT2D eigenvalue weighted by atomic mass is 10.0. The number of hydrogen-bond acceptors (Lipinski definition) is 8. The van der Waals surface area contributed by atoms with E-state index in [4.69, 9.17) is 14.7 Å². The highest BCUT2D eigenvalue weighted by Gasteiger charge is 2.29. The number of nitrogens with one attached hydrogen (secondary N) is 2. The van der Waals surface area contributed by atoms with Crippen molar-refractivity contribution in [1.29, 1.82) is 0 Å². The maximum absolute atomic E-state index is 11.9. The number of nitrogens with zero attached hydrogens (tertiary/aromatic N) is 6. The summed E-state index contributed by atoms with van der Waals surface area (Å²) in [4.78, 5) is 35.6. The number of benzene rings is 1. The molecule has 1 saturated heterocycles. The van der Waals surface area contributed by atoms with Gasteiger partial charge >= 0.3 is 6.03 Å². The van der Waals surface area contributed by atoms with E-state index in [1.54, 1.807) is 0 Å². The molecule has 0 bridgehead atoms.